The lowest BCUT2D eigenvalue weighted by atomic mass is 9.96. The van der Waals surface area contributed by atoms with E-state index in [-0.39, 0.29) is 17.5 Å². The van der Waals surface area contributed by atoms with E-state index in [0.29, 0.717) is 11.6 Å². The summed E-state index contributed by atoms with van der Waals surface area (Å²) < 4.78 is 0. The molecule has 2 fully saturated rings. The highest BCUT2D eigenvalue weighted by molar-refractivity contribution is 6.01. The highest BCUT2D eigenvalue weighted by Crippen LogP contribution is 2.25. The smallest absolute Gasteiger partial charge is 0.331 e. The number of nitrogens with zero attached hydrogens (tertiary/aromatic N) is 2. The first kappa shape index (κ1) is 15.0. The molecular weight excluding hydrogens is 256 g/mol. The van der Waals surface area contributed by atoms with Crippen LogP contribution in [0.5, 0.6) is 0 Å². The number of carbonyl (C=O) groups is 2. The number of amides is 1. The van der Waals surface area contributed by atoms with Gasteiger partial charge in [-0.2, -0.15) is 0 Å². The Hall–Kier alpha value is -1.36. The average molecular weight is 280 g/mol. The van der Waals surface area contributed by atoms with Gasteiger partial charge in [-0.3, -0.25) is 9.69 Å². The fourth-order valence-electron chi connectivity index (χ4n) is 3.17. The zero-order valence-electron chi connectivity index (χ0n) is 12.6. The Morgan fingerprint density at radius 2 is 1.80 bits per heavy atom. The molecular formula is C15H24N2O3. The van der Waals surface area contributed by atoms with Crippen LogP contribution in [0.2, 0.25) is 0 Å². The van der Waals surface area contributed by atoms with Crippen molar-refractivity contribution in [1.82, 2.24) is 9.80 Å². The van der Waals surface area contributed by atoms with Gasteiger partial charge in [0.2, 0.25) is 5.91 Å². The third-order valence-corrected chi connectivity index (χ3v) is 4.65. The highest BCUT2D eigenvalue weighted by atomic mass is 16.4. The summed E-state index contributed by atoms with van der Waals surface area (Å²) in [6, 6.07) is 0.593. The molecule has 2 unspecified atom stereocenters. The van der Waals surface area contributed by atoms with Gasteiger partial charge in [-0.1, -0.05) is 6.42 Å². The summed E-state index contributed by atoms with van der Waals surface area (Å²) in [6.45, 7) is 7.91. The number of hydrogen-bond acceptors (Lipinski definition) is 3. The van der Waals surface area contributed by atoms with E-state index in [0.717, 1.165) is 26.1 Å². The highest BCUT2D eigenvalue weighted by Gasteiger charge is 2.35. The molecule has 0 radical (unpaired) electrons. The summed E-state index contributed by atoms with van der Waals surface area (Å²) in [5.41, 5.74) is 0.502. The largest absolute Gasteiger partial charge is 0.478 e. The van der Waals surface area contributed by atoms with Crippen molar-refractivity contribution in [3.63, 3.8) is 0 Å². The molecule has 1 amide bonds. The molecule has 2 heterocycles. The minimum absolute atomic E-state index is 0.123. The topological polar surface area (TPSA) is 60.9 Å². The summed E-state index contributed by atoms with van der Waals surface area (Å²) in [5, 5.41) is 9.02. The number of rotatable bonds is 2. The fourth-order valence-corrected chi connectivity index (χ4v) is 3.17. The van der Waals surface area contributed by atoms with Crippen LogP contribution in [0.4, 0.5) is 0 Å². The van der Waals surface area contributed by atoms with Gasteiger partial charge in [-0.25, -0.2) is 4.79 Å². The van der Waals surface area contributed by atoms with E-state index in [1.807, 2.05) is 11.8 Å². The number of aliphatic carboxylic acids is 1. The van der Waals surface area contributed by atoms with Gasteiger partial charge >= 0.3 is 5.97 Å². The standard InChI is InChI=1S/C15H24N2O3/c1-10-8-16-7-5-4-6-13(16)9-17(10)14(18)11(2)12(3)15(19)20/h10,13H,4-9H2,1-3H3,(H,19,20). The van der Waals surface area contributed by atoms with Crippen LogP contribution in [0.1, 0.15) is 40.0 Å². The molecule has 2 rings (SSSR count). The van der Waals surface area contributed by atoms with Gasteiger partial charge in [0.1, 0.15) is 0 Å². The van der Waals surface area contributed by atoms with Gasteiger partial charge in [0.25, 0.3) is 0 Å². The summed E-state index contributed by atoms with van der Waals surface area (Å²) >= 11 is 0. The molecule has 0 aromatic heterocycles. The van der Waals surface area contributed by atoms with E-state index in [9.17, 15) is 9.59 Å². The van der Waals surface area contributed by atoms with E-state index < -0.39 is 5.97 Å². The van der Waals surface area contributed by atoms with Crippen LogP contribution < -0.4 is 0 Å². The van der Waals surface area contributed by atoms with E-state index >= 15 is 0 Å². The van der Waals surface area contributed by atoms with Crippen molar-refractivity contribution in [2.75, 3.05) is 19.6 Å². The number of carboxylic acid groups (broad SMARTS) is 1. The van der Waals surface area contributed by atoms with Gasteiger partial charge in [0.05, 0.1) is 0 Å². The normalized spacial score (nSPS) is 28.6. The lowest BCUT2D eigenvalue weighted by Crippen LogP contribution is -2.60. The summed E-state index contributed by atoms with van der Waals surface area (Å²) in [4.78, 5) is 27.8. The molecule has 2 aliphatic heterocycles. The number of fused-ring (bicyclic) bond motifs is 1. The molecule has 5 heteroatoms. The predicted octanol–water partition coefficient (Wildman–Crippen LogP) is 1.49. The maximum Gasteiger partial charge on any atom is 0.331 e. The number of carboxylic acids is 1. The van der Waals surface area contributed by atoms with Crippen molar-refractivity contribution in [1.29, 1.82) is 0 Å². The molecule has 5 nitrogen and oxygen atoms in total. The molecule has 2 saturated heterocycles. The fraction of sp³-hybridized carbons (Fsp3) is 0.733. The molecule has 0 aliphatic carbocycles. The lowest BCUT2D eigenvalue weighted by Gasteiger charge is -2.47. The number of carbonyl (C=O) groups excluding carboxylic acids is 1. The molecule has 2 aliphatic rings. The SMILES string of the molecule is CC(C(=O)O)=C(C)C(=O)N1CC2CCCCN2CC1C. The Bertz CT molecular complexity index is 444. The molecule has 1 N–H and O–H groups in total. The second-order valence-electron chi connectivity index (χ2n) is 6.01. The van der Waals surface area contributed by atoms with Gasteiger partial charge in [0.15, 0.2) is 0 Å². The van der Waals surface area contributed by atoms with Gasteiger partial charge < -0.3 is 10.0 Å². The molecule has 20 heavy (non-hydrogen) atoms. The van der Waals surface area contributed by atoms with Crippen molar-refractivity contribution < 1.29 is 14.7 Å². The Morgan fingerprint density at radius 1 is 1.10 bits per heavy atom. The lowest BCUT2D eigenvalue weighted by molar-refractivity contribution is -0.136. The van der Waals surface area contributed by atoms with Crippen LogP contribution in [-0.4, -0.2) is 58.5 Å². The van der Waals surface area contributed by atoms with Crippen LogP contribution in [0.25, 0.3) is 0 Å². The monoisotopic (exact) mass is 280 g/mol. The zero-order chi connectivity index (χ0) is 14.9. The van der Waals surface area contributed by atoms with E-state index in [1.165, 1.54) is 19.8 Å². The molecule has 0 spiro atoms. The first-order valence-electron chi connectivity index (χ1n) is 7.37. The quantitative estimate of drug-likeness (QED) is 0.779. The number of piperazine rings is 1. The second kappa shape index (κ2) is 5.95. The third kappa shape index (κ3) is 2.87. The van der Waals surface area contributed by atoms with Crippen molar-refractivity contribution >= 4 is 11.9 Å². The molecule has 112 valence electrons. The number of piperidine rings is 1. The van der Waals surface area contributed by atoms with E-state index in [4.69, 9.17) is 5.11 Å². The van der Waals surface area contributed by atoms with Crippen LogP contribution in [0, 0.1) is 0 Å². The average Bonchev–Trinajstić information content (AvgIpc) is 2.44. The van der Waals surface area contributed by atoms with Crippen molar-refractivity contribution in [2.45, 2.75) is 52.1 Å². The van der Waals surface area contributed by atoms with E-state index in [1.54, 1.807) is 6.92 Å². The van der Waals surface area contributed by atoms with Crippen LogP contribution >= 0.6 is 0 Å². The van der Waals surface area contributed by atoms with Crippen molar-refractivity contribution in [2.24, 2.45) is 0 Å². The van der Waals surface area contributed by atoms with Crippen molar-refractivity contribution in [3.8, 4) is 0 Å². The summed E-state index contributed by atoms with van der Waals surface area (Å²) in [7, 11) is 0. The van der Waals surface area contributed by atoms with Crippen molar-refractivity contribution in [3.05, 3.63) is 11.1 Å². The molecule has 0 bridgehead atoms. The summed E-state index contributed by atoms with van der Waals surface area (Å²) in [5.74, 6) is -1.14. The molecule has 0 aromatic rings. The van der Waals surface area contributed by atoms with Gasteiger partial charge in [-0.15, -0.1) is 0 Å². The molecule has 0 saturated carbocycles. The molecule has 0 aromatic carbocycles. The minimum atomic E-state index is -1.01. The van der Waals surface area contributed by atoms with Gasteiger partial charge in [-0.05, 0) is 40.2 Å². The van der Waals surface area contributed by atoms with E-state index in [2.05, 4.69) is 4.90 Å². The third-order valence-electron chi connectivity index (χ3n) is 4.65. The maximum absolute atomic E-state index is 12.5. The Morgan fingerprint density at radius 3 is 2.45 bits per heavy atom. The Labute approximate surface area is 120 Å². The second-order valence-corrected chi connectivity index (χ2v) is 6.01. The van der Waals surface area contributed by atoms with Crippen LogP contribution in [0.3, 0.4) is 0 Å². The van der Waals surface area contributed by atoms with Gasteiger partial charge in [0, 0.05) is 36.3 Å². The number of hydrogen-bond donors (Lipinski definition) is 1. The Kier molecular flexibility index (Phi) is 4.48. The first-order chi connectivity index (χ1) is 9.41. The first-order valence-corrected chi connectivity index (χ1v) is 7.37. The van der Waals surface area contributed by atoms with Crippen LogP contribution in [-0.2, 0) is 9.59 Å². The Balaban J connectivity index is 2.14. The molecule has 2 atom stereocenters. The predicted molar refractivity (Wildman–Crippen MR) is 76.4 cm³/mol. The minimum Gasteiger partial charge on any atom is -0.478 e. The van der Waals surface area contributed by atoms with Crippen LogP contribution in [0.15, 0.2) is 11.1 Å². The zero-order valence-corrected chi connectivity index (χ0v) is 12.6. The maximum atomic E-state index is 12.5. The summed E-state index contributed by atoms with van der Waals surface area (Å²) in [6.07, 6.45) is 3.60.